The average molecular weight is 279 g/mol. The van der Waals surface area contributed by atoms with Crippen LogP contribution < -0.4 is 5.32 Å². The minimum absolute atomic E-state index is 0.222. The summed E-state index contributed by atoms with van der Waals surface area (Å²) < 4.78 is 41.1. The largest absolute Gasteiger partial charge is 0.309 e. The van der Waals surface area contributed by atoms with Crippen LogP contribution in [0.5, 0.6) is 0 Å². The molecule has 0 amide bonds. The number of nitrogens with one attached hydrogen (secondary N) is 1. The van der Waals surface area contributed by atoms with Crippen molar-refractivity contribution in [3.05, 3.63) is 70.0 Å². The Morgan fingerprint density at radius 3 is 2.20 bits per heavy atom. The second-order valence-corrected chi connectivity index (χ2v) is 4.86. The molecule has 106 valence electrons. The van der Waals surface area contributed by atoms with Crippen LogP contribution in [0.25, 0.3) is 0 Å². The van der Waals surface area contributed by atoms with E-state index in [-0.39, 0.29) is 5.56 Å². The summed E-state index contributed by atoms with van der Waals surface area (Å²) in [7, 11) is 1.62. The van der Waals surface area contributed by atoms with Gasteiger partial charge in [0.05, 0.1) is 6.04 Å². The van der Waals surface area contributed by atoms with Crippen molar-refractivity contribution < 1.29 is 13.2 Å². The highest BCUT2D eigenvalue weighted by molar-refractivity contribution is 5.40. The van der Waals surface area contributed by atoms with Gasteiger partial charge in [0.25, 0.3) is 0 Å². The lowest BCUT2D eigenvalue weighted by atomic mass is 9.93. The van der Waals surface area contributed by atoms with Crippen molar-refractivity contribution in [3.8, 4) is 0 Å². The molecule has 0 heterocycles. The fourth-order valence-electron chi connectivity index (χ4n) is 2.48. The molecule has 0 bridgehead atoms. The molecule has 1 nitrogen and oxygen atoms in total. The van der Waals surface area contributed by atoms with Crippen molar-refractivity contribution in [2.24, 2.45) is 0 Å². The summed E-state index contributed by atoms with van der Waals surface area (Å²) >= 11 is 0. The highest BCUT2D eigenvalue weighted by Gasteiger charge is 2.22. The van der Waals surface area contributed by atoms with Crippen molar-refractivity contribution in [1.29, 1.82) is 0 Å². The van der Waals surface area contributed by atoms with Gasteiger partial charge in [-0.15, -0.1) is 0 Å². The van der Waals surface area contributed by atoms with E-state index in [1.807, 2.05) is 6.07 Å². The number of hydrogen-bond donors (Lipinski definition) is 1. The second kappa shape index (κ2) is 5.67. The third-order valence-corrected chi connectivity index (χ3v) is 3.33. The molecule has 20 heavy (non-hydrogen) atoms. The standard InChI is InChI=1S/C16H16F3N/c1-9-6-10(2)15(14(19)7-9)16(20-3)12-5-4-11(17)8-13(12)18/h4-8,16,20H,1-3H3. The Kier molecular flexibility index (Phi) is 4.14. The van der Waals surface area contributed by atoms with E-state index < -0.39 is 23.5 Å². The van der Waals surface area contributed by atoms with E-state index in [0.29, 0.717) is 5.56 Å². The summed E-state index contributed by atoms with van der Waals surface area (Å²) in [6.45, 7) is 3.57. The maximum atomic E-state index is 14.2. The molecule has 0 saturated heterocycles. The first-order chi connectivity index (χ1) is 9.43. The average Bonchev–Trinajstić information content (AvgIpc) is 2.34. The minimum Gasteiger partial charge on any atom is -0.309 e. The van der Waals surface area contributed by atoms with Crippen molar-refractivity contribution in [2.45, 2.75) is 19.9 Å². The van der Waals surface area contributed by atoms with E-state index >= 15 is 0 Å². The predicted molar refractivity (Wildman–Crippen MR) is 73.1 cm³/mol. The zero-order valence-electron chi connectivity index (χ0n) is 11.6. The van der Waals surface area contributed by atoms with Gasteiger partial charge in [0.2, 0.25) is 0 Å². The molecule has 0 fully saturated rings. The first-order valence-corrected chi connectivity index (χ1v) is 6.33. The van der Waals surface area contributed by atoms with Crippen LogP contribution in [-0.4, -0.2) is 7.05 Å². The molecule has 0 aromatic heterocycles. The Morgan fingerprint density at radius 1 is 0.950 bits per heavy atom. The fourth-order valence-corrected chi connectivity index (χ4v) is 2.48. The monoisotopic (exact) mass is 279 g/mol. The number of aryl methyl sites for hydroxylation is 2. The first kappa shape index (κ1) is 14.6. The van der Waals surface area contributed by atoms with Gasteiger partial charge in [-0.3, -0.25) is 0 Å². The SMILES string of the molecule is CNC(c1ccc(F)cc1F)c1c(C)cc(C)cc1F. The molecule has 2 rings (SSSR count). The molecular formula is C16H16F3N. The Bertz CT molecular complexity index is 615. The predicted octanol–water partition coefficient (Wildman–Crippen LogP) is 4.03. The van der Waals surface area contributed by atoms with E-state index in [1.54, 1.807) is 20.9 Å². The zero-order valence-corrected chi connectivity index (χ0v) is 11.6. The lowest BCUT2D eigenvalue weighted by Crippen LogP contribution is -2.21. The van der Waals surface area contributed by atoms with Crippen LogP contribution in [0.4, 0.5) is 13.2 Å². The molecule has 0 aliphatic carbocycles. The van der Waals surface area contributed by atoms with Crippen molar-refractivity contribution in [1.82, 2.24) is 5.32 Å². The summed E-state index contributed by atoms with van der Waals surface area (Å²) in [5.74, 6) is -1.74. The number of rotatable bonds is 3. The van der Waals surface area contributed by atoms with Gasteiger partial charge in [-0.1, -0.05) is 12.1 Å². The smallest absolute Gasteiger partial charge is 0.131 e. The second-order valence-electron chi connectivity index (χ2n) is 4.86. The Morgan fingerprint density at radius 2 is 1.65 bits per heavy atom. The van der Waals surface area contributed by atoms with Gasteiger partial charge in [0, 0.05) is 17.2 Å². The topological polar surface area (TPSA) is 12.0 Å². The zero-order chi connectivity index (χ0) is 14.9. The lowest BCUT2D eigenvalue weighted by molar-refractivity contribution is 0.533. The summed E-state index contributed by atoms with van der Waals surface area (Å²) in [4.78, 5) is 0. The molecule has 2 aromatic carbocycles. The summed E-state index contributed by atoms with van der Waals surface area (Å²) in [6.07, 6.45) is 0. The number of hydrogen-bond acceptors (Lipinski definition) is 1. The third-order valence-electron chi connectivity index (χ3n) is 3.33. The quantitative estimate of drug-likeness (QED) is 0.894. The third kappa shape index (κ3) is 2.70. The summed E-state index contributed by atoms with van der Waals surface area (Å²) in [5, 5.41) is 2.89. The molecule has 0 aliphatic rings. The van der Waals surface area contributed by atoms with Crippen LogP contribution in [0.1, 0.15) is 28.3 Å². The van der Waals surface area contributed by atoms with Gasteiger partial charge >= 0.3 is 0 Å². The highest BCUT2D eigenvalue weighted by atomic mass is 19.1. The normalized spacial score (nSPS) is 12.5. The summed E-state index contributed by atoms with van der Waals surface area (Å²) in [5.41, 5.74) is 2.13. The van der Waals surface area contributed by atoms with Crippen LogP contribution >= 0.6 is 0 Å². The van der Waals surface area contributed by atoms with Crippen LogP contribution in [-0.2, 0) is 0 Å². The van der Waals surface area contributed by atoms with Gasteiger partial charge in [0.15, 0.2) is 0 Å². The van der Waals surface area contributed by atoms with Crippen molar-refractivity contribution in [2.75, 3.05) is 7.05 Å². The number of benzene rings is 2. The lowest BCUT2D eigenvalue weighted by Gasteiger charge is -2.21. The van der Waals surface area contributed by atoms with E-state index in [0.717, 1.165) is 17.2 Å². The molecule has 0 aliphatic heterocycles. The Labute approximate surface area is 116 Å². The minimum atomic E-state index is -0.691. The van der Waals surface area contributed by atoms with Crippen LogP contribution in [0.3, 0.4) is 0 Å². The van der Waals surface area contributed by atoms with Crippen molar-refractivity contribution in [3.63, 3.8) is 0 Å². The fraction of sp³-hybridized carbons (Fsp3) is 0.250. The molecule has 1 unspecified atom stereocenters. The summed E-state index contributed by atoms with van der Waals surface area (Å²) in [6, 6.07) is 5.91. The molecular weight excluding hydrogens is 263 g/mol. The van der Waals surface area contributed by atoms with Crippen molar-refractivity contribution >= 4 is 0 Å². The molecule has 1 atom stereocenters. The van der Waals surface area contributed by atoms with Gasteiger partial charge < -0.3 is 5.32 Å². The Hall–Kier alpha value is -1.81. The van der Waals surface area contributed by atoms with E-state index in [2.05, 4.69) is 5.32 Å². The first-order valence-electron chi connectivity index (χ1n) is 6.33. The van der Waals surface area contributed by atoms with E-state index in [9.17, 15) is 13.2 Å². The molecule has 0 saturated carbocycles. The molecule has 0 spiro atoms. The van der Waals surface area contributed by atoms with Crippen LogP contribution in [0.15, 0.2) is 30.3 Å². The molecule has 1 N–H and O–H groups in total. The van der Waals surface area contributed by atoms with Gasteiger partial charge in [-0.25, -0.2) is 13.2 Å². The highest BCUT2D eigenvalue weighted by Crippen LogP contribution is 2.29. The van der Waals surface area contributed by atoms with E-state index in [4.69, 9.17) is 0 Å². The molecule has 0 radical (unpaired) electrons. The van der Waals surface area contributed by atoms with Gasteiger partial charge in [-0.05, 0) is 44.2 Å². The van der Waals surface area contributed by atoms with Gasteiger partial charge in [0.1, 0.15) is 17.5 Å². The van der Waals surface area contributed by atoms with Crippen LogP contribution in [0, 0.1) is 31.3 Å². The van der Waals surface area contributed by atoms with Gasteiger partial charge in [-0.2, -0.15) is 0 Å². The number of halogens is 3. The maximum absolute atomic E-state index is 14.2. The van der Waals surface area contributed by atoms with E-state index in [1.165, 1.54) is 18.2 Å². The maximum Gasteiger partial charge on any atom is 0.131 e. The van der Waals surface area contributed by atoms with Crippen LogP contribution in [0.2, 0.25) is 0 Å². The molecule has 2 aromatic rings. The molecule has 4 heteroatoms. The Balaban J connectivity index is 2.58.